The molecule has 22 heavy (non-hydrogen) atoms. The van der Waals surface area contributed by atoms with Gasteiger partial charge in [0.2, 0.25) is 5.91 Å². The normalized spacial score (nSPS) is 19.4. The summed E-state index contributed by atoms with van der Waals surface area (Å²) in [6, 6.07) is 5.66. The zero-order chi connectivity index (χ0) is 15.6. The number of hydrogen-bond donors (Lipinski definition) is 2. The number of amides is 1. The van der Waals surface area contributed by atoms with E-state index in [9.17, 15) is 4.79 Å². The summed E-state index contributed by atoms with van der Waals surface area (Å²) in [5.74, 6) is 0.703. The van der Waals surface area contributed by atoms with Crippen molar-refractivity contribution in [2.45, 2.75) is 38.4 Å². The fourth-order valence-electron chi connectivity index (χ4n) is 2.25. The van der Waals surface area contributed by atoms with Crippen molar-refractivity contribution in [3.8, 4) is 0 Å². The second-order valence-corrected chi connectivity index (χ2v) is 5.40. The summed E-state index contributed by atoms with van der Waals surface area (Å²) in [7, 11) is 0. The van der Waals surface area contributed by atoms with E-state index in [4.69, 9.17) is 9.47 Å². The highest BCUT2D eigenvalue weighted by molar-refractivity contribution is 5.80. The Kier molecular flexibility index (Phi) is 7.12. The number of nitrogens with one attached hydrogen (secondary N) is 2. The third-order valence-electron chi connectivity index (χ3n) is 3.57. The number of pyridine rings is 1. The van der Waals surface area contributed by atoms with Gasteiger partial charge in [-0.3, -0.25) is 4.79 Å². The molecule has 1 saturated heterocycles. The zero-order valence-corrected chi connectivity index (χ0v) is 13.1. The van der Waals surface area contributed by atoms with Gasteiger partial charge in [0.1, 0.15) is 11.9 Å². The first-order valence-corrected chi connectivity index (χ1v) is 7.91. The van der Waals surface area contributed by atoms with Gasteiger partial charge in [0, 0.05) is 25.9 Å². The Labute approximate surface area is 131 Å². The molecule has 0 aromatic carbocycles. The molecule has 1 amide bonds. The molecule has 1 aliphatic heterocycles. The van der Waals surface area contributed by atoms with Crippen molar-refractivity contribution in [1.82, 2.24) is 10.3 Å². The maximum absolute atomic E-state index is 11.9. The molecular weight excluding hydrogens is 282 g/mol. The van der Waals surface area contributed by atoms with Gasteiger partial charge < -0.3 is 20.1 Å². The molecule has 0 spiro atoms. The molecule has 6 heteroatoms. The maximum atomic E-state index is 11.9. The van der Waals surface area contributed by atoms with Crippen LogP contribution in [0, 0.1) is 0 Å². The third-order valence-corrected chi connectivity index (χ3v) is 3.57. The van der Waals surface area contributed by atoms with Gasteiger partial charge in [0.05, 0.1) is 12.7 Å². The molecule has 2 rings (SSSR count). The van der Waals surface area contributed by atoms with E-state index >= 15 is 0 Å². The molecule has 1 aromatic heterocycles. The SMILES string of the molecule is CC(OCC1CCCCO1)C(=O)NCCNc1ccccn1. The van der Waals surface area contributed by atoms with Crippen LogP contribution >= 0.6 is 0 Å². The Bertz CT molecular complexity index is 436. The smallest absolute Gasteiger partial charge is 0.248 e. The summed E-state index contributed by atoms with van der Waals surface area (Å²) in [6.07, 6.45) is 4.71. The molecule has 2 N–H and O–H groups in total. The predicted octanol–water partition coefficient (Wildman–Crippen LogP) is 1.58. The fourth-order valence-corrected chi connectivity index (χ4v) is 2.25. The van der Waals surface area contributed by atoms with Crippen molar-refractivity contribution < 1.29 is 14.3 Å². The lowest BCUT2D eigenvalue weighted by molar-refractivity contribution is -0.135. The number of anilines is 1. The number of aromatic nitrogens is 1. The van der Waals surface area contributed by atoms with Crippen LogP contribution in [0.25, 0.3) is 0 Å². The van der Waals surface area contributed by atoms with Gasteiger partial charge in [-0.25, -0.2) is 4.98 Å². The highest BCUT2D eigenvalue weighted by Gasteiger charge is 2.18. The maximum Gasteiger partial charge on any atom is 0.248 e. The Morgan fingerprint density at radius 1 is 1.45 bits per heavy atom. The largest absolute Gasteiger partial charge is 0.376 e. The molecule has 0 bridgehead atoms. The molecule has 2 heterocycles. The van der Waals surface area contributed by atoms with Crippen molar-refractivity contribution in [1.29, 1.82) is 0 Å². The summed E-state index contributed by atoms with van der Waals surface area (Å²) in [4.78, 5) is 16.1. The zero-order valence-electron chi connectivity index (χ0n) is 13.1. The first kappa shape index (κ1) is 16.7. The molecule has 1 aliphatic rings. The first-order valence-electron chi connectivity index (χ1n) is 7.91. The Balaban J connectivity index is 1.55. The molecule has 1 fully saturated rings. The summed E-state index contributed by atoms with van der Waals surface area (Å²) in [6.45, 7) is 4.21. The van der Waals surface area contributed by atoms with Gasteiger partial charge in [-0.05, 0) is 38.3 Å². The number of rotatable bonds is 8. The molecular formula is C16H25N3O3. The van der Waals surface area contributed by atoms with Crippen molar-refractivity contribution in [3.63, 3.8) is 0 Å². The quantitative estimate of drug-likeness (QED) is 0.714. The summed E-state index contributed by atoms with van der Waals surface area (Å²) >= 11 is 0. The summed E-state index contributed by atoms with van der Waals surface area (Å²) in [5.41, 5.74) is 0. The number of hydrogen-bond acceptors (Lipinski definition) is 5. The van der Waals surface area contributed by atoms with E-state index in [0.717, 1.165) is 25.3 Å². The van der Waals surface area contributed by atoms with Gasteiger partial charge >= 0.3 is 0 Å². The van der Waals surface area contributed by atoms with Crippen LogP contribution in [-0.2, 0) is 14.3 Å². The minimum Gasteiger partial charge on any atom is -0.376 e. The van der Waals surface area contributed by atoms with E-state index in [-0.39, 0.29) is 12.0 Å². The van der Waals surface area contributed by atoms with Crippen molar-refractivity contribution in [2.75, 3.05) is 31.6 Å². The monoisotopic (exact) mass is 307 g/mol. The van der Waals surface area contributed by atoms with E-state index < -0.39 is 6.10 Å². The molecule has 122 valence electrons. The second kappa shape index (κ2) is 9.38. The molecule has 2 unspecified atom stereocenters. The number of carbonyl (C=O) groups excluding carboxylic acids is 1. The fraction of sp³-hybridized carbons (Fsp3) is 0.625. The minimum atomic E-state index is -0.458. The van der Waals surface area contributed by atoms with E-state index in [1.165, 1.54) is 6.42 Å². The standard InChI is InChI=1S/C16H25N3O3/c1-13(22-12-14-6-3-5-11-21-14)16(20)19-10-9-18-15-7-2-4-8-17-15/h2,4,7-8,13-14H,3,5-6,9-12H2,1H3,(H,17,18)(H,19,20). The van der Waals surface area contributed by atoms with Crippen molar-refractivity contribution in [3.05, 3.63) is 24.4 Å². The number of nitrogens with zero attached hydrogens (tertiary/aromatic N) is 1. The predicted molar refractivity (Wildman–Crippen MR) is 84.7 cm³/mol. The molecule has 0 radical (unpaired) electrons. The molecule has 6 nitrogen and oxygen atoms in total. The van der Waals surface area contributed by atoms with Crippen LogP contribution in [0.2, 0.25) is 0 Å². The molecule has 0 saturated carbocycles. The lowest BCUT2D eigenvalue weighted by Gasteiger charge is -2.23. The van der Waals surface area contributed by atoms with Gasteiger partial charge in [-0.1, -0.05) is 6.07 Å². The molecule has 2 atom stereocenters. The van der Waals surface area contributed by atoms with Crippen molar-refractivity contribution in [2.24, 2.45) is 0 Å². The van der Waals surface area contributed by atoms with Gasteiger partial charge in [-0.2, -0.15) is 0 Å². The highest BCUT2D eigenvalue weighted by atomic mass is 16.5. The highest BCUT2D eigenvalue weighted by Crippen LogP contribution is 2.13. The second-order valence-electron chi connectivity index (χ2n) is 5.40. The van der Waals surface area contributed by atoms with Crippen LogP contribution < -0.4 is 10.6 Å². The van der Waals surface area contributed by atoms with Crippen LogP contribution in [0.4, 0.5) is 5.82 Å². The van der Waals surface area contributed by atoms with E-state index in [2.05, 4.69) is 15.6 Å². The topological polar surface area (TPSA) is 72.5 Å². The van der Waals surface area contributed by atoms with Gasteiger partial charge in [0.15, 0.2) is 0 Å². The Hall–Kier alpha value is -1.66. The minimum absolute atomic E-state index is 0.0985. The lowest BCUT2D eigenvalue weighted by Crippen LogP contribution is -2.38. The third kappa shape index (κ3) is 5.99. The number of carbonyl (C=O) groups is 1. The molecule has 1 aromatic rings. The Morgan fingerprint density at radius 2 is 2.36 bits per heavy atom. The van der Waals surface area contributed by atoms with E-state index in [0.29, 0.717) is 19.7 Å². The summed E-state index contributed by atoms with van der Waals surface area (Å²) in [5, 5.41) is 5.98. The van der Waals surface area contributed by atoms with E-state index in [1.807, 2.05) is 18.2 Å². The van der Waals surface area contributed by atoms with Gasteiger partial charge in [-0.15, -0.1) is 0 Å². The first-order chi connectivity index (χ1) is 10.8. The summed E-state index contributed by atoms with van der Waals surface area (Å²) < 4.78 is 11.2. The van der Waals surface area contributed by atoms with Crippen molar-refractivity contribution >= 4 is 11.7 Å². The Morgan fingerprint density at radius 3 is 3.09 bits per heavy atom. The number of ether oxygens (including phenoxy) is 2. The van der Waals surface area contributed by atoms with Crippen LogP contribution in [-0.4, -0.2) is 49.4 Å². The van der Waals surface area contributed by atoms with Crippen LogP contribution in [0.15, 0.2) is 24.4 Å². The average Bonchev–Trinajstić information content (AvgIpc) is 2.58. The van der Waals surface area contributed by atoms with Gasteiger partial charge in [0.25, 0.3) is 0 Å². The van der Waals surface area contributed by atoms with Crippen LogP contribution in [0.3, 0.4) is 0 Å². The average molecular weight is 307 g/mol. The van der Waals surface area contributed by atoms with Crippen LogP contribution in [0.1, 0.15) is 26.2 Å². The van der Waals surface area contributed by atoms with Crippen LogP contribution in [0.5, 0.6) is 0 Å². The lowest BCUT2D eigenvalue weighted by atomic mass is 10.1. The van der Waals surface area contributed by atoms with E-state index in [1.54, 1.807) is 13.1 Å². The molecule has 0 aliphatic carbocycles.